The Morgan fingerprint density at radius 1 is 1.22 bits per heavy atom. The summed E-state index contributed by atoms with van der Waals surface area (Å²) in [6.07, 6.45) is 1.38. The van der Waals surface area contributed by atoms with Crippen molar-refractivity contribution in [3.8, 4) is 5.75 Å². The molecule has 0 aliphatic carbocycles. The number of carbonyl (C=O) groups excluding carboxylic acids is 1. The summed E-state index contributed by atoms with van der Waals surface area (Å²) in [6.45, 7) is 4.71. The van der Waals surface area contributed by atoms with E-state index in [4.69, 9.17) is 4.74 Å². The molecule has 1 rings (SSSR count). The molecular formula is C14H22N2O2. The predicted octanol–water partition coefficient (Wildman–Crippen LogP) is 1.35. The molecule has 0 aliphatic rings. The fourth-order valence-corrected chi connectivity index (χ4v) is 1.61. The van der Waals surface area contributed by atoms with Gasteiger partial charge in [0, 0.05) is 6.54 Å². The maximum atomic E-state index is 11.6. The van der Waals surface area contributed by atoms with E-state index in [0.29, 0.717) is 6.42 Å². The standard InChI is InChI=1S/C14H22N2O2/c1-3-15-9-4-10-16-14(17)11-12-5-7-13(18-2)8-6-12/h5-8,15H,3-4,9-11H2,1-2H3,(H,16,17). The van der Waals surface area contributed by atoms with Gasteiger partial charge in [0.25, 0.3) is 0 Å². The molecule has 4 heteroatoms. The number of nitrogens with one attached hydrogen (secondary N) is 2. The monoisotopic (exact) mass is 250 g/mol. The molecule has 4 nitrogen and oxygen atoms in total. The smallest absolute Gasteiger partial charge is 0.224 e. The van der Waals surface area contributed by atoms with Crippen LogP contribution in [0.25, 0.3) is 0 Å². The Morgan fingerprint density at radius 2 is 1.94 bits per heavy atom. The van der Waals surface area contributed by atoms with Crippen molar-refractivity contribution >= 4 is 5.91 Å². The molecule has 18 heavy (non-hydrogen) atoms. The Labute approximate surface area is 109 Å². The first-order valence-corrected chi connectivity index (χ1v) is 6.36. The van der Waals surface area contributed by atoms with Gasteiger partial charge in [-0.2, -0.15) is 0 Å². The van der Waals surface area contributed by atoms with E-state index in [1.165, 1.54) is 0 Å². The SMILES string of the molecule is CCNCCCNC(=O)Cc1ccc(OC)cc1. The van der Waals surface area contributed by atoms with Gasteiger partial charge >= 0.3 is 0 Å². The maximum absolute atomic E-state index is 11.6. The molecule has 0 heterocycles. The molecule has 0 unspecified atom stereocenters. The lowest BCUT2D eigenvalue weighted by Gasteiger charge is -2.06. The van der Waals surface area contributed by atoms with Crippen molar-refractivity contribution in [1.29, 1.82) is 0 Å². The van der Waals surface area contributed by atoms with Crippen LogP contribution in [0.1, 0.15) is 18.9 Å². The molecule has 0 bridgehead atoms. The largest absolute Gasteiger partial charge is 0.497 e. The van der Waals surface area contributed by atoms with Crippen molar-refractivity contribution in [2.45, 2.75) is 19.8 Å². The molecule has 2 N–H and O–H groups in total. The molecule has 1 aromatic carbocycles. The van der Waals surface area contributed by atoms with E-state index in [-0.39, 0.29) is 5.91 Å². The zero-order valence-corrected chi connectivity index (χ0v) is 11.2. The van der Waals surface area contributed by atoms with Gasteiger partial charge in [-0.15, -0.1) is 0 Å². The van der Waals surface area contributed by atoms with E-state index < -0.39 is 0 Å². The fraction of sp³-hybridized carbons (Fsp3) is 0.500. The van der Waals surface area contributed by atoms with Crippen LogP contribution in [0.2, 0.25) is 0 Å². The van der Waals surface area contributed by atoms with Crippen LogP contribution in [0.4, 0.5) is 0 Å². The highest BCUT2D eigenvalue weighted by Crippen LogP contribution is 2.11. The van der Waals surface area contributed by atoms with E-state index in [0.717, 1.165) is 37.4 Å². The lowest BCUT2D eigenvalue weighted by Crippen LogP contribution is -2.28. The van der Waals surface area contributed by atoms with Crippen LogP contribution in [0.5, 0.6) is 5.75 Å². The number of ether oxygens (including phenoxy) is 1. The first-order valence-electron chi connectivity index (χ1n) is 6.36. The van der Waals surface area contributed by atoms with Gasteiger partial charge in [0.2, 0.25) is 5.91 Å². The Kier molecular flexibility index (Phi) is 6.87. The molecule has 0 atom stereocenters. The molecule has 1 amide bonds. The fourth-order valence-electron chi connectivity index (χ4n) is 1.61. The van der Waals surface area contributed by atoms with E-state index in [1.54, 1.807) is 7.11 Å². The first-order chi connectivity index (χ1) is 8.76. The highest BCUT2D eigenvalue weighted by atomic mass is 16.5. The van der Waals surface area contributed by atoms with Crippen LogP contribution in [-0.4, -0.2) is 32.7 Å². The number of hydrogen-bond donors (Lipinski definition) is 2. The van der Waals surface area contributed by atoms with E-state index in [2.05, 4.69) is 17.6 Å². The zero-order chi connectivity index (χ0) is 13.2. The van der Waals surface area contributed by atoms with Crippen molar-refractivity contribution in [1.82, 2.24) is 10.6 Å². The summed E-state index contributed by atoms with van der Waals surface area (Å²) in [5.41, 5.74) is 1.000. The van der Waals surface area contributed by atoms with Gasteiger partial charge in [0.1, 0.15) is 5.75 Å². The minimum absolute atomic E-state index is 0.0664. The van der Waals surface area contributed by atoms with Gasteiger partial charge in [0.15, 0.2) is 0 Å². The van der Waals surface area contributed by atoms with Crippen molar-refractivity contribution < 1.29 is 9.53 Å². The van der Waals surface area contributed by atoms with Gasteiger partial charge in [-0.1, -0.05) is 19.1 Å². The van der Waals surface area contributed by atoms with Crippen molar-refractivity contribution in [3.63, 3.8) is 0 Å². The predicted molar refractivity (Wildman–Crippen MR) is 72.9 cm³/mol. The Bertz CT molecular complexity index is 349. The van der Waals surface area contributed by atoms with Gasteiger partial charge in [0.05, 0.1) is 13.5 Å². The molecule has 0 aromatic heterocycles. The summed E-state index contributed by atoms with van der Waals surface area (Å²) in [7, 11) is 1.63. The third-order valence-electron chi connectivity index (χ3n) is 2.63. The van der Waals surface area contributed by atoms with Crippen molar-refractivity contribution in [2.24, 2.45) is 0 Å². The second-order valence-corrected chi connectivity index (χ2v) is 4.08. The van der Waals surface area contributed by atoms with E-state index in [9.17, 15) is 4.79 Å². The molecule has 0 spiro atoms. The van der Waals surface area contributed by atoms with Crippen LogP contribution in [0.3, 0.4) is 0 Å². The van der Waals surface area contributed by atoms with Crippen LogP contribution in [0.15, 0.2) is 24.3 Å². The molecule has 0 radical (unpaired) electrons. The van der Waals surface area contributed by atoms with Crippen LogP contribution in [-0.2, 0) is 11.2 Å². The van der Waals surface area contributed by atoms with Crippen molar-refractivity contribution in [3.05, 3.63) is 29.8 Å². The summed E-state index contributed by atoms with van der Waals surface area (Å²) in [5.74, 6) is 0.876. The van der Waals surface area contributed by atoms with Crippen LogP contribution >= 0.6 is 0 Å². The Balaban J connectivity index is 2.22. The summed E-state index contributed by atoms with van der Waals surface area (Å²) >= 11 is 0. The second kappa shape index (κ2) is 8.53. The minimum atomic E-state index is 0.0664. The topological polar surface area (TPSA) is 50.4 Å². The molecule has 0 saturated heterocycles. The number of methoxy groups -OCH3 is 1. The number of amides is 1. The molecular weight excluding hydrogens is 228 g/mol. The van der Waals surface area contributed by atoms with Gasteiger partial charge < -0.3 is 15.4 Å². The van der Waals surface area contributed by atoms with Gasteiger partial charge in [-0.3, -0.25) is 4.79 Å². The number of benzene rings is 1. The Morgan fingerprint density at radius 3 is 2.56 bits per heavy atom. The van der Waals surface area contributed by atoms with E-state index >= 15 is 0 Å². The quantitative estimate of drug-likeness (QED) is 0.685. The van der Waals surface area contributed by atoms with Crippen molar-refractivity contribution in [2.75, 3.05) is 26.7 Å². The van der Waals surface area contributed by atoms with E-state index in [1.807, 2.05) is 24.3 Å². The third-order valence-corrected chi connectivity index (χ3v) is 2.63. The average molecular weight is 250 g/mol. The third kappa shape index (κ3) is 5.68. The first kappa shape index (κ1) is 14.5. The van der Waals surface area contributed by atoms with Gasteiger partial charge in [-0.25, -0.2) is 0 Å². The van der Waals surface area contributed by atoms with Crippen LogP contribution < -0.4 is 15.4 Å². The maximum Gasteiger partial charge on any atom is 0.224 e. The number of hydrogen-bond acceptors (Lipinski definition) is 3. The number of carbonyl (C=O) groups is 1. The van der Waals surface area contributed by atoms with Gasteiger partial charge in [-0.05, 0) is 37.2 Å². The van der Waals surface area contributed by atoms with Crippen LogP contribution in [0, 0.1) is 0 Å². The number of rotatable bonds is 8. The summed E-state index contributed by atoms with van der Waals surface area (Å²) < 4.78 is 5.07. The average Bonchev–Trinajstić information content (AvgIpc) is 2.39. The lowest BCUT2D eigenvalue weighted by atomic mass is 10.1. The summed E-state index contributed by atoms with van der Waals surface area (Å²) in [5, 5.41) is 6.13. The minimum Gasteiger partial charge on any atom is -0.497 e. The molecule has 100 valence electrons. The molecule has 1 aromatic rings. The highest BCUT2D eigenvalue weighted by Gasteiger charge is 2.02. The highest BCUT2D eigenvalue weighted by molar-refractivity contribution is 5.78. The summed E-state index contributed by atoms with van der Waals surface area (Å²) in [4.78, 5) is 11.6. The lowest BCUT2D eigenvalue weighted by molar-refractivity contribution is -0.120. The second-order valence-electron chi connectivity index (χ2n) is 4.08. The molecule has 0 fully saturated rings. The molecule has 0 aliphatic heterocycles. The summed E-state index contributed by atoms with van der Waals surface area (Å²) in [6, 6.07) is 7.57. The molecule has 0 saturated carbocycles. The zero-order valence-electron chi connectivity index (χ0n) is 11.2. The Hall–Kier alpha value is -1.55. The normalized spacial score (nSPS) is 10.1.